The summed E-state index contributed by atoms with van der Waals surface area (Å²) in [6.45, 7) is 7.55. The topological polar surface area (TPSA) is 73.2 Å². The van der Waals surface area contributed by atoms with Gasteiger partial charge in [-0.05, 0) is 39.8 Å². The van der Waals surface area contributed by atoms with Crippen LogP contribution in [0, 0.1) is 6.92 Å². The van der Waals surface area contributed by atoms with Crippen LogP contribution in [-0.2, 0) is 15.1 Å². The van der Waals surface area contributed by atoms with Crippen molar-refractivity contribution in [3.8, 4) is 0 Å². The molecule has 0 aliphatic rings. The molecule has 0 saturated carbocycles. The van der Waals surface area contributed by atoms with Crippen LogP contribution in [0.4, 0.5) is 5.69 Å². The van der Waals surface area contributed by atoms with E-state index in [2.05, 4.69) is 10.4 Å². The van der Waals surface area contributed by atoms with E-state index in [9.17, 15) is 9.59 Å². The van der Waals surface area contributed by atoms with Crippen LogP contribution in [0.3, 0.4) is 0 Å². The zero-order valence-electron chi connectivity index (χ0n) is 13.8. The van der Waals surface area contributed by atoms with Crippen molar-refractivity contribution in [2.24, 2.45) is 0 Å². The Balaban J connectivity index is 1.87. The molecule has 1 aromatic carbocycles. The molecule has 1 aromatic heterocycles. The fourth-order valence-electron chi connectivity index (χ4n) is 1.84. The van der Waals surface area contributed by atoms with E-state index in [1.807, 2.05) is 39.8 Å². The first kappa shape index (κ1) is 16.7. The average molecular weight is 315 g/mol. The van der Waals surface area contributed by atoms with Gasteiger partial charge < -0.3 is 10.1 Å². The molecule has 0 spiro atoms. The van der Waals surface area contributed by atoms with Crippen LogP contribution in [0.15, 0.2) is 36.7 Å². The number of aryl methyl sites for hydroxylation is 1. The fraction of sp³-hybridized carbons (Fsp3) is 0.353. The van der Waals surface area contributed by atoms with Gasteiger partial charge >= 0.3 is 5.97 Å². The highest BCUT2D eigenvalue weighted by atomic mass is 16.5. The molecule has 1 N–H and O–H groups in total. The molecule has 0 aliphatic heterocycles. The lowest BCUT2D eigenvalue weighted by molar-refractivity contribution is -0.119. The summed E-state index contributed by atoms with van der Waals surface area (Å²) in [5, 5.41) is 6.80. The second kappa shape index (κ2) is 6.64. The molecule has 0 unspecified atom stereocenters. The van der Waals surface area contributed by atoms with Crippen LogP contribution in [0.2, 0.25) is 0 Å². The summed E-state index contributed by atoms with van der Waals surface area (Å²) in [4.78, 5) is 23.7. The summed E-state index contributed by atoms with van der Waals surface area (Å²) in [5.41, 5.74) is 1.87. The normalized spacial score (nSPS) is 11.1. The molecule has 0 fully saturated rings. The smallest absolute Gasteiger partial charge is 0.341 e. The van der Waals surface area contributed by atoms with Crippen LogP contribution in [0.1, 0.15) is 36.7 Å². The predicted molar refractivity (Wildman–Crippen MR) is 87.3 cm³/mol. The third-order valence-electron chi connectivity index (χ3n) is 3.18. The predicted octanol–water partition coefficient (Wildman–Crippen LogP) is 2.74. The van der Waals surface area contributed by atoms with E-state index in [0.717, 1.165) is 5.56 Å². The molecule has 6 nitrogen and oxygen atoms in total. The van der Waals surface area contributed by atoms with Crippen LogP contribution in [0.5, 0.6) is 0 Å². The highest BCUT2D eigenvalue weighted by Gasteiger charge is 2.18. The van der Waals surface area contributed by atoms with Gasteiger partial charge in [0, 0.05) is 11.9 Å². The summed E-state index contributed by atoms with van der Waals surface area (Å²) in [6, 6.07) is 7.37. The minimum Gasteiger partial charge on any atom is -0.452 e. The molecule has 1 heterocycles. The molecular formula is C17H21N3O3. The third kappa shape index (κ3) is 4.67. The maximum absolute atomic E-state index is 11.9. The Morgan fingerprint density at radius 1 is 1.22 bits per heavy atom. The average Bonchev–Trinajstić information content (AvgIpc) is 2.97. The molecule has 0 atom stereocenters. The highest BCUT2D eigenvalue weighted by molar-refractivity contribution is 5.95. The van der Waals surface area contributed by atoms with Gasteiger partial charge in [-0.25, -0.2) is 4.79 Å². The fourth-order valence-corrected chi connectivity index (χ4v) is 1.84. The molecule has 0 radical (unpaired) electrons. The van der Waals surface area contributed by atoms with Gasteiger partial charge in [0.15, 0.2) is 6.61 Å². The molecule has 23 heavy (non-hydrogen) atoms. The monoisotopic (exact) mass is 315 g/mol. The minimum atomic E-state index is -0.570. The standard InChI is InChI=1S/C17H21N3O3/c1-12-5-7-14(8-6-12)19-15(21)11-23-16(22)13-9-18-20(10-13)17(2,3)4/h5-10H,11H2,1-4H3,(H,19,21). The Hall–Kier alpha value is -2.63. The van der Waals surface area contributed by atoms with Crippen molar-refractivity contribution >= 4 is 17.6 Å². The number of nitrogens with one attached hydrogen (secondary N) is 1. The lowest BCUT2D eigenvalue weighted by Crippen LogP contribution is -2.22. The lowest BCUT2D eigenvalue weighted by Gasteiger charge is -2.18. The summed E-state index contributed by atoms with van der Waals surface area (Å²) in [5.74, 6) is -0.954. The Labute approximate surface area is 135 Å². The molecule has 122 valence electrons. The summed E-state index contributed by atoms with van der Waals surface area (Å²) in [6.07, 6.45) is 3.05. The van der Waals surface area contributed by atoms with Crippen molar-refractivity contribution in [2.75, 3.05) is 11.9 Å². The Morgan fingerprint density at radius 2 is 1.87 bits per heavy atom. The number of carbonyl (C=O) groups is 2. The summed E-state index contributed by atoms with van der Waals surface area (Å²) in [7, 11) is 0. The molecule has 1 amide bonds. The van der Waals surface area contributed by atoms with E-state index in [0.29, 0.717) is 11.3 Å². The van der Waals surface area contributed by atoms with Crippen molar-refractivity contribution in [3.63, 3.8) is 0 Å². The number of benzene rings is 1. The van der Waals surface area contributed by atoms with Gasteiger partial charge in [-0.15, -0.1) is 0 Å². The van der Waals surface area contributed by atoms with Crippen molar-refractivity contribution in [1.29, 1.82) is 0 Å². The van der Waals surface area contributed by atoms with Crippen LogP contribution in [0.25, 0.3) is 0 Å². The van der Waals surface area contributed by atoms with Gasteiger partial charge in [0.25, 0.3) is 5.91 Å². The number of nitrogens with zero attached hydrogens (tertiary/aromatic N) is 2. The SMILES string of the molecule is Cc1ccc(NC(=O)COC(=O)c2cnn(C(C)(C)C)c2)cc1. The molecule has 2 aromatic rings. The summed E-state index contributed by atoms with van der Waals surface area (Å²) < 4.78 is 6.68. The number of carbonyl (C=O) groups excluding carboxylic acids is 2. The van der Waals surface area contributed by atoms with Crippen LogP contribution >= 0.6 is 0 Å². The van der Waals surface area contributed by atoms with Gasteiger partial charge in [0.05, 0.1) is 17.3 Å². The first-order valence-corrected chi connectivity index (χ1v) is 7.34. The van der Waals surface area contributed by atoms with E-state index >= 15 is 0 Å². The van der Waals surface area contributed by atoms with Crippen molar-refractivity contribution in [1.82, 2.24) is 9.78 Å². The van der Waals surface area contributed by atoms with Gasteiger partial charge in [-0.1, -0.05) is 17.7 Å². The van der Waals surface area contributed by atoms with Crippen LogP contribution < -0.4 is 5.32 Å². The largest absolute Gasteiger partial charge is 0.452 e. The van der Waals surface area contributed by atoms with Gasteiger partial charge in [0.2, 0.25) is 0 Å². The third-order valence-corrected chi connectivity index (χ3v) is 3.18. The lowest BCUT2D eigenvalue weighted by atomic mass is 10.1. The zero-order chi connectivity index (χ0) is 17.0. The molecule has 0 saturated heterocycles. The Bertz CT molecular complexity index is 697. The quantitative estimate of drug-likeness (QED) is 0.881. The first-order valence-electron chi connectivity index (χ1n) is 7.34. The maximum atomic E-state index is 11.9. The highest BCUT2D eigenvalue weighted by Crippen LogP contribution is 2.14. The van der Waals surface area contributed by atoms with Crippen molar-refractivity contribution in [3.05, 3.63) is 47.8 Å². The van der Waals surface area contributed by atoms with E-state index in [4.69, 9.17) is 4.74 Å². The van der Waals surface area contributed by atoms with Crippen molar-refractivity contribution < 1.29 is 14.3 Å². The van der Waals surface area contributed by atoms with E-state index in [1.54, 1.807) is 23.0 Å². The Morgan fingerprint density at radius 3 is 2.43 bits per heavy atom. The number of aromatic nitrogens is 2. The number of hydrogen-bond acceptors (Lipinski definition) is 4. The first-order chi connectivity index (χ1) is 10.8. The second-order valence-corrected chi connectivity index (χ2v) is 6.33. The van der Waals surface area contributed by atoms with E-state index < -0.39 is 5.97 Å². The number of ether oxygens (including phenoxy) is 1. The number of anilines is 1. The molecule has 6 heteroatoms. The second-order valence-electron chi connectivity index (χ2n) is 6.33. The molecule has 0 bridgehead atoms. The number of rotatable bonds is 4. The van der Waals surface area contributed by atoms with Crippen LogP contribution in [-0.4, -0.2) is 28.3 Å². The van der Waals surface area contributed by atoms with Gasteiger partial charge in [-0.2, -0.15) is 5.10 Å². The number of esters is 1. The maximum Gasteiger partial charge on any atom is 0.341 e. The molecule has 2 rings (SSSR count). The van der Waals surface area contributed by atoms with E-state index in [-0.39, 0.29) is 18.1 Å². The van der Waals surface area contributed by atoms with E-state index in [1.165, 1.54) is 6.20 Å². The molecular weight excluding hydrogens is 294 g/mol. The minimum absolute atomic E-state index is 0.221. The molecule has 0 aliphatic carbocycles. The number of hydrogen-bond donors (Lipinski definition) is 1. The van der Waals surface area contributed by atoms with Gasteiger partial charge in [0.1, 0.15) is 0 Å². The van der Waals surface area contributed by atoms with Crippen molar-refractivity contribution in [2.45, 2.75) is 33.2 Å². The Kier molecular flexibility index (Phi) is 4.83. The summed E-state index contributed by atoms with van der Waals surface area (Å²) >= 11 is 0. The zero-order valence-corrected chi connectivity index (χ0v) is 13.8. The van der Waals surface area contributed by atoms with Gasteiger partial charge in [-0.3, -0.25) is 9.48 Å². The number of amides is 1.